The molecule has 1 aliphatic rings. The fourth-order valence-electron chi connectivity index (χ4n) is 5.75. The summed E-state index contributed by atoms with van der Waals surface area (Å²) in [5.74, 6) is -0.145. The number of phenolic OH excluding ortho intramolecular Hbond substituents is 1. The number of fused-ring (bicyclic) bond motifs is 2. The molecule has 0 radical (unpaired) electrons. The van der Waals surface area contributed by atoms with E-state index in [2.05, 4.69) is 53.8 Å². The molecule has 1 heterocycles. The Morgan fingerprint density at radius 1 is 0.974 bits per heavy atom. The van der Waals surface area contributed by atoms with E-state index in [0.717, 1.165) is 67.2 Å². The third-order valence-electron chi connectivity index (χ3n) is 7.63. The van der Waals surface area contributed by atoms with Gasteiger partial charge in [-0.1, -0.05) is 56.4 Å². The second-order valence-corrected chi connectivity index (χ2v) is 13.1. The Kier molecular flexibility index (Phi) is 9.86. The van der Waals surface area contributed by atoms with Crippen molar-refractivity contribution in [3.8, 4) is 5.75 Å². The van der Waals surface area contributed by atoms with E-state index >= 15 is 0 Å². The Hall–Kier alpha value is -2.68. The number of nitrogens with zero attached hydrogens (tertiary/aromatic N) is 2. The Morgan fingerprint density at radius 3 is 2.46 bits per heavy atom. The highest BCUT2D eigenvalue weighted by molar-refractivity contribution is 7.16. The minimum atomic E-state index is -0.259. The van der Waals surface area contributed by atoms with Crippen LogP contribution in [0.15, 0.2) is 35.1 Å². The Labute approximate surface area is 236 Å². The lowest BCUT2D eigenvalue weighted by molar-refractivity contribution is -0.118. The second-order valence-electron chi connectivity index (χ2n) is 12.1. The molecule has 4 rings (SSSR count). The van der Waals surface area contributed by atoms with E-state index in [1.54, 1.807) is 11.6 Å². The number of hydrogen-bond acceptors (Lipinski definition) is 6. The summed E-state index contributed by atoms with van der Waals surface area (Å²) in [6.07, 6.45) is 7.05. The smallest absolute Gasteiger partial charge is 0.305 e. The van der Waals surface area contributed by atoms with Gasteiger partial charge in [-0.05, 0) is 72.3 Å². The summed E-state index contributed by atoms with van der Waals surface area (Å²) in [6, 6.07) is 10.3. The minimum absolute atomic E-state index is 0.114. The predicted octanol–water partition coefficient (Wildman–Crippen LogP) is 4.48. The number of aromatic amines is 1. The number of phenols is 1. The first-order valence-corrected chi connectivity index (χ1v) is 15.1. The molecule has 0 aliphatic heterocycles. The highest BCUT2D eigenvalue weighted by Gasteiger charge is 2.20. The summed E-state index contributed by atoms with van der Waals surface area (Å²) < 4.78 is 0.838. The third-order valence-corrected chi connectivity index (χ3v) is 8.59. The Morgan fingerprint density at radius 2 is 1.69 bits per heavy atom. The molecule has 212 valence electrons. The van der Waals surface area contributed by atoms with Gasteiger partial charge in [0.1, 0.15) is 11.3 Å². The molecule has 1 aliphatic carbocycles. The molecule has 0 spiro atoms. The molecule has 2 aromatic carbocycles. The molecular formula is C31H44N4O3S. The van der Waals surface area contributed by atoms with Gasteiger partial charge in [0.2, 0.25) is 5.91 Å². The van der Waals surface area contributed by atoms with E-state index in [1.165, 1.54) is 36.8 Å². The van der Waals surface area contributed by atoms with E-state index in [1.807, 2.05) is 6.07 Å². The first kappa shape index (κ1) is 29.3. The van der Waals surface area contributed by atoms with Crippen molar-refractivity contribution in [2.75, 3.05) is 39.3 Å². The van der Waals surface area contributed by atoms with Gasteiger partial charge in [0.25, 0.3) is 0 Å². The summed E-state index contributed by atoms with van der Waals surface area (Å²) in [5, 5.41) is 10.2. The lowest BCUT2D eigenvalue weighted by atomic mass is 9.87. The fraction of sp³-hybridized carbons (Fsp3) is 0.548. The van der Waals surface area contributed by atoms with Gasteiger partial charge in [0.15, 0.2) is 0 Å². The van der Waals surface area contributed by atoms with Crippen molar-refractivity contribution >= 4 is 27.5 Å². The second kappa shape index (κ2) is 13.1. The van der Waals surface area contributed by atoms with Crippen molar-refractivity contribution in [1.82, 2.24) is 14.8 Å². The van der Waals surface area contributed by atoms with Crippen molar-refractivity contribution in [2.45, 2.75) is 65.7 Å². The molecule has 3 aromatic rings. The van der Waals surface area contributed by atoms with Gasteiger partial charge in [-0.25, -0.2) is 0 Å². The van der Waals surface area contributed by atoms with Gasteiger partial charge in [0, 0.05) is 45.7 Å². The zero-order valence-electron chi connectivity index (χ0n) is 23.7. The molecule has 7 nitrogen and oxygen atoms in total. The normalized spacial score (nSPS) is 13.9. The molecule has 1 aromatic heterocycles. The molecule has 0 bridgehead atoms. The zero-order chi connectivity index (χ0) is 28.0. The van der Waals surface area contributed by atoms with Crippen LogP contribution >= 0.6 is 11.3 Å². The standard InChI is InChI=1S/C31H44N4O3S/c1-31(2,3)21-35(17-14-24-11-12-26(36)28-29(24)39-30(38)33-28)20-19-34(18-15-27(32)37)16-13-23-9-6-8-22-7-4-5-10-25(22)23/h6,8-9,11-12,36H,4-5,7,10,13-21H2,1-3H3,(H2,32,37)(H,33,38). The maximum Gasteiger partial charge on any atom is 0.305 e. The number of carbonyl (C=O) groups excluding carboxylic acids is 1. The van der Waals surface area contributed by atoms with Crippen molar-refractivity contribution in [3.05, 3.63) is 62.3 Å². The van der Waals surface area contributed by atoms with Gasteiger partial charge in [-0.15, -0.1) is 0 Å². The summed E-state index contributed by atoms with van der Waals surface area (Å²) in [7, 11) is 0. The lowest BCUT2D eigenvalue weighted by Crippen LogP contribution is -2.41. The maximum absolute atomic E-state index is 12.0. The first-order valence-electron chi connectivity index (χ1n) is 14.3. The number of aryl methyl sites for hydroxylation is 1. The first-order chi connectivity index (χ1) is 18.6. The van der Waals surface area contributed by atoms with Gasteiger partial charge in [-0.3, -0.25) is 9.59 Å². The topological polar surface area (TPSA) is 103 Å². The molecule has 0 unspecified atom stereocenters. The highest BCUT2D eigenvalue weighted by Crippen LogP contribution is 2.28. The number of rotatable bonds is 13. The SMILES string of the molecule is CC(C)(C)CN(CCc1ccc(O)c2[nH]c(=O)sc12)CCN(CCC(N)=O)CCc1cccc2c1CCCC2. The number of primary amides is 1. The molecule has 8 heteroatoms. The van der Waals surface area contributed by atoms with Crippen molar-refractivity contribution < 1.29 is 9.90 Å². The summed E-state index contributed by atoms with van der Waals surface area (Å²) in [5.41, 5.74) is 11.8. The monoisotopic (exact) mass is 552 g/mol. The molecule has 0 saturated carbocycles. The predicted molar refractivity (Wildman–Crippen MR) is 161 cm³/mol. The van der Waals surface area contributed by atoms with Crippen LogP contribution in [0.3, 0.4) is 0 Å². The van der Waals surface area contributed by atoms with Crippen LogP contribution in [0.1, 0.15) is 62.3 Å². The van der Waals surface area contributed by atoms with E-state index in [4.69, 9.17) is 5.73 Å². The average Bonchev–Trinajstić information content (AvgIpc) is 3.29. The number of amides is 1. The van der Waals surface area contributed by atoms with Gasteiger partial charge in [0.05, 0.1) is 4.70 Å². The average molecular weight is 553 g/mol. The van der Waals surface area contributed by atoms with Gasteiger partial charge >= 0.3 is 4.87 Å². The fourth-order valence-corrected chi connectivity index (χ4v) is 6.65. The van der Waals surface area contributed by atoms with Crippen molar-refractivity contribution in [3.63, 3.8) is 0 Å². The van der Waals surface area contributed by atoms with E-state index in [0.29, 0.717) is 18.5 Å². The van der Waals surface area contributed by atoms with Gasteiger partial charge < -0.3 is 25.6 Å². The van der Waals surface area contributed by atoms with Crippen LogP contribution in [-0.4, -0.2) is 65.1 Å². The number of carbonyl (C=O) groups is 1. The van der Waals surface area contributed by atoms with Gasteiger partial charge in [-0.2, -0.15) is 0 Å². The molecule has 39 heavy (non-hydrogen) atoms. The zero-order valence-corrected chi connectivity index (χ0v) is 24.5. The summed E-state index contributed by atoms with van der Waals surface area (Å²) in [4.78, 5) is 31.1. The van der Waals surface area contributed by atoms with Crippen LogP contribution in [0.5, 0.6) is 5.75 Å². The number of thiazole rings is 1. The number of H-pyrrole nitrogens is 1. The number of aromatic hydroxyl groups is 1. The highest BCUT2D eigenvalue weighted by atomic mass is 32.1. The molecule has 0 atom stereocenters. The number of nitrogens with one attached hydrogen (secondary N) is 1. The van der Waals surface area contributed by atoms with Crippen LogP contribution in [0.2, 0.25) is 0 Å². The molecule has 4 N–H and O–H groups in total. The number of aromatic nitrogens is 1. The number of hydrogen-bond donors (Lipinski definition) is 3. The van der Waals surface area contributed by atoms with E-state index in [9.17, 15) is 14.7 Å². The van der Waals surface area contributed by atoms with E-state index < -0.39 is 0 Å². The number of benzene rings is 2. The molecule has 0 fully saturated rings. The summed E-state index contributed by atoms with van der Waals surface area (Å²) >= 11 is 1.16. The molecule has 1 amide bonds. The lowest BCUT2D eigenvalue weighted by Gasteiger charge is -2.32. The van der Waals surface area contributed by atoms with Crippen LogP contribution < -0.4 is 10.6 Å². The largest absolute Gasteiger partial charge is 0.506 e. The third kappa shape index (κ3) is 8.40. The van der Waals surface area contributed by atoms with Crippen molar-refractivity contribution in [2.24, 2.45) is 11.1 Å². The number of nitrogens with two attached hydrogens (primary N) is 1. The van der Waals surface area contributed by atoms with Crippen LogP contribution in [0.25, 0.3) is 10.2 Å². The molecule has 0 saturated heterocycles. The quantitative estimate of drug-likeness (QED) is 0.290. The Bertz CT molecular complexity index is 1320. The molecular weight excluding hydrogens is 508 g/mol. The summed E-state index contributed by atoms with van der Waals surface area (Å²) in [6.45, 7) is 11.9. The van der Waals surface area contributed by atoms with Crippen LogP contribution in [-0.2, 0) is 30.5 Å². The van der Waals surface area contributed by atoms with Crippen LogP contribution in [0.4, 0.5) is 0 Å². The van der Waals surface area contributed by atoms with Crippen molar-refractivity contribution in [1.29, 1.82) is 0 Å². The van der Waals surface area contributed by atoms with E-state index in [-0.39, 0.29) is 21.9 Å². The maximum atomic E-state index is 12.0. The minimum Gasteiger partial charge on any atom is -0.506 e. The van der Waals surface area contributed by atoms with Crippen LogP contribution in [0, 0.1) is 5.41 Å². The Balaban J connectivity index is 1.43.